The molecule has 2 heteroatoms. The summed E-state index contributed by atoms with van der Waals surface area (Å²) in [6, 6.07) is -28.1. The summed E-state index contributed by atoms with van der Waals surface area (Å²) in [5, 5.41) is -2.64. The van der Waals surface area contributed by atoms with Crippen molar-refractivity contribution < 1.29 is 38.4 Å². The molecule has 0 amide bonds. The van der Waals surface area contributed by atoms with Crippen molar-refractivity contribution in [2.75, 3.05) is 4.90 Å². The van der Waals surface area contributed by atoms with Gasteiger partial charge in [0.25, 0.3) is 0 Å². The molecule has 1 heterocycles. The fourth-order valence-corrected chi connectivity index (χ4v) is 4.36. The summed E-state index contributed by atoms with van der Waals surface area (Å²) in [7, 11) is 0. The van der Waals surface area contributed by atoms with Gasteiger partial charge in [-0.15, -0.1) is 0 Å². The van der Waals surface area contributed by atoms with Crippen molar-refractivity contribution in [3.8, 4) is 16.8 Å². The predicted octanol–water partition coefficient (Wildman–Crippen LogP) is 11.1. The van der Waals surface area contributed by atoms with Crippen molar-refractivity contribution in [1.82, 2.24) is 4.57 Å². The Morgan fingerprint density at radius 3 is 1.90 bits per heavy atom. The largest absolute Gasteiger partial charge is 0.310 e. The Hall–Kier alpha value is -5.60. The maximum absolute atomic E-state index is 9.74. The maximum Gasteiger partial charge on any atom is 0.0651 e. The lowest BCUT2D eigenvalue weighted by atomic mass is 10.0. The Kier molecular flexibility index (Phi) is 2.15. The van der Waals surface area contributed by atoms with Gasteiger partial charge in [-0.2, -0.15) is 0 Å². The lowest BCUT2D eigenvalue weighted by molar-refractivity contribution is 1.18. The van der Waals surface area contributed by atoms with Crippen LogP contribution in [0.3, 0.4) is 0 Å². The van der Waals surface area contributed by atoms with Crippen LogP contribution in [0.1, 0.15) is 38.4 Å². The van der Waals surface area contributed by atoms with Crippen LogP contribution in [0.15, 0.2) is 169 Å². The SMILES string of the molecule is [2H]c1c([2H])c([2H])c(N(c2c([2H])c([2H])c([2H])c(-c3c([2H])c([2H])c4c(c3[2H])c3c([2H])c([2H])c([2H])c([2H])c3n4-c3c([2H])c([2H])c([2H])c([2H])c3[2H])c2[2H])c2c([2H])c([2H])c3c([2H])c([2H])c([2H])c([2H])c3c2[2H])c([2H])c1[2H]. The molecule has 8 rings (SSSR count). The van der Waals surface area contributed by atoms with Crippen LogP contribution in [0.25, 0.3) is 49.4 Å². The van der Waals surface area contributed by atoms with E-state index < -0.39 is 236 Å². The first-order valence-corrected chi connectivity index (χ1v) is 12.1. The average Bonchev–Trinajstić information content (AvgIpc) is 3.68. The number of nitrogens with zero attached hydrogens (tertiary/aromatic N) is 2. The summed E-state index contributed by atoms with van der Waals surface area (Å²) in [5.41, 5.74) is -7.16. The summed E-state index contributed by atoms with van der Waals surface area (Å²) in [5.74, 6) is 0. The number of benzene rings is 7. The fraction of sp³-hybridized carbons (Fsp3) is 0. The van der Waals surface area contributed by atoms with Gasteiger partial charge in [0.15, 0.2) is 0 Å². The van der Waals surface area contributed by atoms with Gasteiger partial charge in [-0.25, -0.2) is 0 Å². The molecule has 0 aliphatic carbocycles. The average molecular weight is 565 g/mol. The number of anilines is 3. The van der Waals surface area contributed by atoms with Crippen LogP contribution in [0.2, 0.25) is 0 Å². The van der Waals surface area contributed by atoms with Crippen molar-refractivity contribution in [3.05, 3.63) is 169 Å². The standard InChI is InChI=1S/C40H28N2/c1-3-15-33(16-4-1)41(36-24-22-29-12-7-8-13-30(29)26-36)35-19-11-14-31(27-35)32-23-25-40-38(28-32)37-20-9-10-21-39(37)42(40)34-17-5-2-6-18-34/h1-28H/i1D,2D,3D,4D,5D,6D,7D,8D,9D,10D,11D,12D,13D,14D,15D,16D,17D,18D,19D,20D,21D,22D,23D,24D,25D,26D,27D,28D. The number of hydrogen-bond donors (Lipinski definition) is 0. The molecule has 0 atom stereocenters. The molecule has 8 aromatic rings. The number of para-hydroxylation sites is 3. The second-order valence-electron chi connectivity index (χ2n) is 8.51. The highest BCUT2D eigenvalue weighted by Crippen LogP contribution is 2.39. The van der Waals surface area contributed by atoms with Gasteiger partial charge < -0.3 is 9.47 Å². The topological polar surface area (TPSA) is 8.17 Å². The lowest BCUT2D eigenvalue weighted by Crippen LogP contribution is -2.09. The fourth-order valence-electron chi connectivity index (χ4n) is 4.36. The summed E-state index contributed by atoms with van der Waals surface area (Å²) in [6.45, 7) is 0. The predicted molar refractivity (Wildman–Crippen MR) is 178 cm³/mol. The molecule has 0 unspecified atom stereocenters. The second-order valence-corrected chi connectivity index (χ2v) is 8.51. The summed E-state index contributed by atoms with van der Waals surface area (Å²) < 4.78 is 248. The van der Waals surface area contributed by atoms with Crippen LogP contribution < -0.4 is 4.90 Å². The molecule has 0 radical (unpaired) electrons. The molecule has 0 spiro atoms. The van der Waals surface area contributed by atoms with E-state index in [0.717, 1.165) is 0 Å². The summed E-state index contributed by atoms with van der Waals surface area (Å²) in [4.78, 5) is 0.378. The molecule has 2 nitrogen and oxygen atoms in total. The third-order valence-corrected chi connectivity index (χ3v) is 6.12. The van der Waals surface area contributed by atoms with E-state index >= 15 is 0 Å². The zero-order valence-electron chi connectivity index (χ0n) is 48.9. The van der Waals surface area contributed by atoms with Crippen LogP contribution in [-0.4, -0.2) is 4.57 Å². The molecule has 0 fully saturated rings. The van der Waals surface area contributed by atoms with Crippen LogP contribution in [0.5, 0.6) is 0 Å². The van der Waals surface area contributed by atoms with Gasteiger partial charge in [0.05, 0.1) is 49.4 Å². The Labute approximate surface area is 284 Å². The zero-order chi connectivity index (χ0) is 52.2. The molecular formula is C40H28N2. The van der Waals surface area contributed by atoms with Crippen molar-refractivity contribution in [3.63, 3.8) is 0 Å². The Balaban J connectivity index is 1.62. The zero-order valence-corrected chi connectivity index (χ0v) is 20.9. The van der Waals surface area contributed by atoms with E-state index in [9.17, 15) is 9.60 Å². The van der Waals surface area contributed by atoms with E-state index in [1.54, 1.807) is 0 Å². The van der Waals surface area contributed by atoms with Crippen molar-refractivity contribution in [2.24, 2.45) is 0 Å². The van der Waals surface area contributed by atoms with E-state index in [4.69, 9.17) is 28.8 Å². The second kappa shape index (κ2) is 10.1. The highest BCUT2D eigenvalue weighted by atomic mass is 15.1. The first-order valence-electron chi connectivity index (χ1n) is 26.1. The van der Waals surface area contributed by atoms with Gasteiger partial charge in [0.2, 0.25) is 0 Å². The number of fused-ring (bicyclic) bond motifs is 4. The molecule has 0 aliphatic rings. The van der Waals surface area contributed by atoms with Crippen molar-refractivity contribution in [1.29, 1.82) is 0 Å². The number of hydrogen-bond acceptors (Lipinski definition) is 1. The van der Waals surface area contributed by atoms with Gasteiger partial charge >= 0.3 is 0 Å². The molecule has 0 saturated heterocycles. The third kappa shape index (κ3) is 4.13. The van der Waals surface area contributed by atoms with Crippen LogP contribution in [0.4, 0.5) is 17.1 Å². The molecule has 42 heavy (non-hydrogen) atoms. The van der Waals surface area contributed by atoms with E-state index in [0.29, 0.717) is 9.47 Å². The summed E-state index contributed by atoms with van der Waals surface area (Å²) in [6.07, 6.45) is 0. The smallest absolute Gasteiger partial charge is 0.0651 e. The molecule has 198 valence electrons. The molecule has 0 N–H and O–H groups in total. The molecule has 1 aromatic heterocycles. The number of aromatic nitrogens is 1. The first-order chi connectivity index (χ1) is 32.5. The Morgan fingerprint density at radius 1 is 0.405 bits per heavy atom. The Bertz CT molecular complexity index is 3710. The van der Waals surface area contributed by atoms with Gasteiger partial charge in [0, 0.05) is 33.5 Å². The minimum absolute atomic E-state index is 0.378. The minimum atomic E-state index is -1.23. The van der Waals surface area contributed by atoms with Crippen LogP contribution >= 0.6 is 0 Å². The molecule has 0 bridgehead atoms. The van der Waals surface area contributed by atoms with Gasteiger partial charge in [-0.3, -0.25) is 0 Å². The van der Waals surface area contributed by atoms with E-state index in [-0.39, 0.29) is 0 Å². The van der Waals surface area contributed by atoms with Crippen LogP contribution in [-0.2, 0) is 0 Å². The van der Waals surface area contributed by atoms with Crippen molar-refractivity contribution >= 4 is 49.6 Å². The molecule has 0 aliphatic heterocycles. The van der Waals surface area contributed by atoms with Gasteiger partial charge in [-0.05, 0) is 88.4 Å². The highest BCUT2D eigenvalue weighted by molar-refractivity contribution is 6.10. The Morgan fingerprint density at radius 2 is 1.05 bits per heavy atom. The van der Waals surface area contributed by atoms with Gasteiger partial charge in [0.1, 0.15) is 0 Å². The van der Waals surface area contributed by atoms with Crippen LogP contribution in [0, 0.1) is 0 Å². The molecular weight excluding hydrogens is 508 g/mol. The maximum atomic E-state index is 9.74. The normalized spacial score (nSPS) is 20.7. The van der Waals surface area contributed by atoms with Gasteiger partial charge in [-0.1, -0.05) is 103 Å². The highest BCUT2D eigenvalue weighted by Gasteiger charge is 2.16. The van der Waals surface area contributed by atoms with E-state index in [1.807, 2.05) is 0 Å². The molecule has 0 saturated carbocycles. The van der Waals surface area contributed by atoms with E-state index in [1.165, 1.54) is 0 Å². The first kappa shape index (κ1) is 8.95. The van der Waals surface area contributed by atoms with Crippen molar-refractivity contribution in [2.45, 2.75) is 0 Å². The molecule has 7 aromatic carbocycles. The lowest BCUT2D eigenvalue weighted by Gasteiger charge is -2.26. The third-order valence-electron chi connectivity index (χ3n) is 6.12. The van der Waals surface area contributed by atoms with E-state index in [2.05, 4.69) is 0 Å². The number of rotatable bonds is 5. The monoisotopic (exact) mass is 564 g/mol. The quantitative estimate of drug-likeness (QED) is 0.202. The minimum Gasteiger partial charge on any atom is -0.310 e. The summed E-state index contributed by atoms with van der Waals surface area (Å²) >= 11 is 0.